The molecule has 1 unspecified atom stereocenters. The number of nitrogens with one attached hydrogen (secondary N) is 1. The summed E-state index contributed by atoms with van der Waals surface area (Å²) in [4.78, 5) is 11.2. The molecule has 0 aromatic rings. The van der Waals surface area contributed by atoms with Gasteiger partial charge in [-0.2, -0.15) is 0 Å². The van der Waals surface area contributed by atoms with E-state index >= 15 is 0 Å². The van der Waals surface area contributed by atoms with E-state index in [4.69, 9.17) is 0 Å². The minimum absolute atomic E-state index is 0.158. The molecule has 0 saturated heterocycles. The molecule has 2 nitrogen and oxygen atoms in total. The van der Waals surface area contributed by atoms with Gasteiger partial charge in [-0.25, -0.2) is 0 Å². The molecule has 0 rings (SSSR count). The Morgan fingerprint density at radius 2 is 2.00 bits per heavy atom. The molecule has 0 aromatic heterocycles. The van der Waals surface area contributed by atoms with Gasteiger partial charge in [0, 0.05) is 12.5 Å². The summed E-state index contributed by atoms with van der Waals surface area (Å²) in [5.74, 6) is 0.158. The predicted molar refractivity (Wildman–Crippen MR) is 61.2 cm³/mol. The smallest absolute Gasteiger partial charge is 0.219 e. The molecule has 1 N–H and O–H groups in total. The molecule has 0 radical (unpaired) electrons. The molecule has 0 spiro atoms. The number of hydrogen-bond acceptors (Lipinski definition) is 1. The van der Waals surface area contributed by atoms with E-state index in [-0.39, 0.29) is 5.91 Å². The summed E-state index contributed by atoms with van der Waals surface area (Å²) >= 11 is 0. The lowest BCUT2D eigenvalue weighted by atomic mass is 10.0. The van der Waals surface area contributed by atoms with Gasteiger partial charge in [0.15, 0.2) is 0 Å². The molecule has 0 heterocycles. The van der Waals surface area contributed by atoms with Crippen LogP contribution >= 0.6 is 0 Å². The highest BCUT2D eigenvalue weighted by Gasteiger charge is 2.09. The molecule has 0 saturated carbocycles. The van der Waals surface area contributed by atoms with Crippen LogP contribution in [0.5, 0.6) is 0 Å². The van der Waals surface area contributed by atoms with Crippen molar-refractivity contribution in [3.8, 4) is 0 Å². The first-order chi connectivity index (χ1) is 6.60. The first kappa shape index (κ1) is 13.2. The molecule has 82 valence electrons. The van der Waals surface area contributed by atoms with Crippen molar-refractivity contribution in [1.29, 1.82) is 0 Å². The molecule has 1 atom stereocenters. The quantitative estimate of drug-likeness (QED) is 0.624. The maximum atomic E-state index is 11.2. The number of carbonyl (C=O) groups excluding carboxylic acids is 1. The maximum Gasteiger partial charge on any atom is 0.219 e. The average molecular weight is 197 g/mol. The molecule has 1 amide bonds. The number of carbonyl (C=O) groups is 1. The summed E-state index contributed by atoms with van der Waals surface area (Å²) in [6.45, 7) is 9.94. The Morgan fingerprint density at radius 1 is 1.36 bits per heavy atom. The largest absolute Gasteiger partial charge is 0.353 e. The highest BCUT2D eigenvalue weighted by atomic mass is 16.1. The fourth-order valence-corrected chi connectivity index (χ4v) is 1.39. The van der Waals surface area contributed by atoms with Crippen LogP contribution in [0, 0.1) is 0 Å². The van der Waals surface area contributed by atoms with Gasteiger partial charge >= 0.3 is 0 Å². The number of hydrogen-bond donors (Lipinski definition) is 1. The molecule has 14 heavy (non-hydrogen) atoms. The van der Waals surface area contributed by atoms with Crippen LogP contribution in [-0.2, 0) is 4.79 Å². The minimum atomic E-state index is 0.158. The first-order valence-corrected chi connectivity index (χ1v) is 5.53. The lowest BCUT2D eigenvalue weighted by molar-refractivity contribution is -0.121. The van der Waals surface area contributed by atoms with E-state index in [0.29, 0.717) is 12.5 Å². The summed E-state index contributed by atoms with van der Waals surface area (Å²) < 4.78 is 0. The molecular formula is C12H23NO. The highest BCUT2D eigenvalue weighted by molar-refractivity contribution is 5.75. The van der Waals surface area contributed by atoms with Crippen molar-refractivity contribution in [1.82, 2.24) is 5.32 Å². The standard InChI is InChI=1S/C12H23NO/c1-5-7-11(9-8-10(3)4)13-12(14)6-2/h11H,3,5-9H2,1-2,4H3,(H,13,14). The van der Waals surface area contributed by atoms with Gasteiger partial charge < -0.3 is 5.32 Å². The van der Waals surface area contributed by atoms with E-state index in [1.165, 1.54) is 5.57 Å². The van der Waals surface area contributed by atoms with Crippen molar-refractivity contribution in [2.24, 2.45) is 0 Å². The van der Waals surface area contributed by atoms with E-state index in [0.717, 1.165) is 25.7 Å². The highest BCUT2D eigenvalue weighted by Crippen LogP contribution is 2.09. The van der Waals surface area contributed by atoms with Crippen LogP contribution in [-0.4, -0.2) is 11.9 Å². The lowest BCUT2D eigenvalue weighted by Gasteiger charge is -2.17. The summed E-state index contributed by atoms with van der Waals surface area (Å²) in [6.07, 6.45) is 4.79. The zero-order valence-electron chi connectivity index (χ0n) is 9.73. The molecule has 0 aromatic carbocycles. The van der Waals surface area contributed by atoms with Crippen LogP contribution < -0.4 is 5.32 Å². The summed E-state index contributed by atoms with van der Waals surface area (Å²) in [7, 11) is 0. The van der Waals surface area contributed by atoms with Crippen molar-refractivity contribution in [2.75, 3.05) is 0 Å². The Hall–Kier alpha value is -0.790. The normalized spacial score (nSPS) is 12.2. The van der Waals surface area contributed by atoms with Gasteiger partial charge in [0.1, 0.15) is 0 Å². The second-order valence-corrected chi connectivity index (χ2v) is 3.90. The van der Waals surface area contributed by atoms with E-state index in [9.17, 15) is 4.79 Å². The van der Waals surface area contributed by atoms with Gasteiger partial charge in [0.25, 0.3) is 0 Å². The zero-order chi connectivity index (χ0) is 11.0. The Kier molecular flexibility index (Phi) is 7.17. The molecule has 0 aliphatic heterocycles. The fourth-order valence-electron chi connectivity index (χ4n) is 1.39. The van der Waals surface area contributed by atoms with Gasteiger partial charge in [0.05, 0.1) is 0 Å². The zero-order valence-corrected chi connectivity index (χ0v) is 9.73. The van der Waals surface area contributed by atoms with E-state index < -0.39 is 0 Å². The summed E-state index contributed by atoms with van der Waals surface area (Å²) in [5.41, 5.74) is 1.19. The third kappa shape index (κ3) is 6.70. The van der Waals surface area contributed by atoms with E-state index in [2.05, 4.69) is 18.8 Å². The Morgan fingerprint density at radius 3 is 2.43 bits per heavy atom. The van der Waals surface area contributed by atoms with Gasteiger partial charge in [0.2, 0.25) is 5.91 Å². The van der Waals surface area contributed by atoms with Gasteiger partial charge in [-0.1, -0.05) is 25.8 Å². The first-order valence-electron chi connectivity index (χ1n) is 5.53. The average Bonchev–Trinajstić information content (AvgIpc) is 2.14. The van der Waals surface area contributed by atoms with Crippen molar-refractivity contribution >= 4 is 5.91 Å². The topological polar surface area (TPSA) is 29.1 Å². The Balaban J connectivity index is 3.88. The van der Waals surface area contributed by atoms with Gasteiger partial charge in [-0.15, -0.1) is 6.58 Å². The van der Waals surface area contributed by atoms with Crippen molar-refractivity contribution in [3.05, 3.63) is 12.2 Å². The monoisotopic (exact) mass is 197 g/mol. The Labute approximate surface area is 87.8 Å². The van der Waals surface area contributed by atoms with Crippen LogP contribution in [0.3, 0.4) is 0 Å². The second-order valence-electron chi connectivity index (χ2n) is 3.90. The molecule has 0 fully saturated rings. The van der Waals surface area contributed by atoms with Crippen LogP contribution in [0.25, 0.3) is 0 Å². The van der Waals surface area contributed by atoms with Crippen LogP contribution in [0.2, 0.25) is 0 Å². The maximum absolute atomic E-state index is 11.2. The second kappa shape index (κ2) is 7.60. The lowest BCUT2D eigenvalue weighted by Crippen LogP contribution is -2.34. The van der Waals surface area contributed by atoms with Crippen molar-refractivity contribution < 1.29 is 4.79 Å². The Bertz CT molecular complexity index is 187. The molecule has 0 aliphatic rings. The van der Waals surface area contributed by atoms with Crippen molar-refractivity contribution in [3.63, 3.8) is 0 Å². The number of rotatable bonds is 7. The summed E-state index contributed by atoms with van der Waals surface area (Å²) in [6, 6.07) is 0.337. The third-order valence-corrected chi connectivity index (χ3v) is 2.24. The molecule has 0 aliphatic carbocycles. The van der Waals surface area contributed by atoms with Crippen molar-refractivity contribution in [2.45, 2.75) is 58.9 Å². The van der Waals surface area contributed by atoms with Crippen LogP contribution in [0.4, 0.5) is 0 Å². The minimum Gasteiger partial charge on any atom is -0.353 e. The van der Waals surface area contributed by atoms with E-state index in [1.807, 2.05) is 13.8 Å². The SMILES string of the molecule is C=C(C)CCC(CCC)NC(=O)CC. The van der Waals surface area contributed by atoms with Gasteiger partial charge in [-0.3, -0.25) is 4.79 Å². The van der Waals surface area contributed by atoms with Gasteiger partial charge in [-0.05, 0) is 26.2 Å². The molecule has 0 bridgehead atoms. The van der Waals surface area contributed by atoms with Crippen LogP contribution in [0.15, 0.2) is 12.2 Å². The summed E-state index contributed by atoms with van der Waals surface area (Å²) in [5, 5.41) is 3.04. The van der Waals surface area contributed by atoms with Crippen LogP contribution in [0.1, 0.15) is 52.9 Å². The van der Waals surface area contributed by atoms with E-state index in [1.54, 1.807) is 0 Å². The third-order valence-electron chi connectivity index (χ3n) is 2.24. The fraction of sp³-hybridized carbons (Fsp3) is 0.750. The molecular weight excluding hydrogens is 174 g/mol. The molecule has 2 heteroatoms. The number of amides is 1. The predicted octanol–water partition coefficient (Wildman–Crippen LogP) is 3.04. The number of allylic oxidation sites excluding steroid dienone is 1.